The lowest BCUT2D eigenvalue weighted by Crippen LogP contribution is -2.34. The lowest BCUT2D eigenvalue weighted by atomic mass is 10.0. The molecule has 148 valence electrons. The number of anilines is 1. The number of piperidine rings is 1. The molecule has 0 N–H and O–H groups in total. The number of rotatable bonds is 4. The van der Waals surface area contributed by atoms with Gasteiger partial charge in [0.2, 0.25) is 0 Å². The molecule has 1 fully saturated rings. The van der Waals surface area contributed by atoms with E-state index in [0.29, 0.717) is 17.2 Å². The van der Waals surface area contributed by atoms with Gasteiger partial charge in [0.25, 0.3) is 0 Å². The molecule has 0 bridgehead atoms. The van der Waals surface area contributed by atoms with Crippen LogP contribution in [0.15, 0.2) is 60.2 Å². The summed E-state index contributed by atoms with van der Waals surface area (Å²) in [6, 6.07) is 16.2. The first-order valence-electron chi connectivity index (χ1n) is 10.0. The highest BCUT2D eigenvalue weighted by atomic mass is 32.1. The van der Waals surface area contributed by atoms with Crippen molar-refractivity contribution in [2.75, 3.05) is 18.0 Å². The van der Waals surface area contributed by atoms with E-state index in [2.05, 4.69) is 26.7 Å². The Morgan fingerprint density at radius 3 is 2.77 bits per heavy atom. The molecule has 0 spiro atoms. The quantitative estimate of drug-likeness (QED) is 0.427. The van der Waals surface area contributed by atoms with Crippen molar-refractivity contribution >= 4 is 33.7 Å². The Morgan fingerprint density at radius 1 is 1.17 bits per heavy atom. The molecular formula is C24H20N4OS. The lowest BCUT2D eigenvalue weighted by molar-refractivity contribution is 0.112. The van der Waals surface area contributed by atoms with Gasteiger partial charge in [0.05, 0.1) is 11.6 Å². The third-order valence-corrected chi connectivity index (χ3v) is 6.68. The molecular weight excluding hydrogens is 392 g/mol. The summed E-state index contributed by atoms with van der Waals surface area (Å²) in [5.41, 5.74) is 4.53. The number of benzene rings is 2. The number of thiazole rings is 1. The molecule has 5 rings (SSSR count). The largest absolute Gasteiger partial charge is 0.348 e. The van der Waals surface area contributed by atoms with Gasteiger partial charge in [-0.15, -0.1) is 11.3 Å². The Bertz CT molecular complexity index is 1240. The van der Waals surface area contributed by atoms with Crippen molar-refractivity contribution < 1.29 is 4.79 Å². The highest BCUT2D eigenvalue weighted by Crippen LogP contribution is 2.36. The van der Waals surface area contributed by atoms with Crippen LogP contribution in [0.5, 0.6) is 0 Å². The Kier molecular flexibility index (Phi) is 4.82. The number of carbonyl (C=O) groups is 1. The zero-order valence-corrected chi connectivity index (χ0v) is 17.2. The number of hydrogen-bond acceptors (Lipinski definition) is 5. The number of nitrogens with zero attached hydrogens (tertiary/aromatic N) is 4. The van der Waals surface area contributed by atoms with Crippen LogP contribution in [0, 0.1) is 11.3 Å². The van der Waals surface area contributed by atoms with Crippen molar-refractivity contribution in [3.63, 3.8) is 0 Å². The molecule has 2 aromatic carbocycles. The van der Waals surface area contributed by atoms with Crippen LogP contribution >= 0.6 is 11.3 Å². The van der Waals surface area contributed by atoms with Gasteiger partial charge in [-0.2, -0.15) is 5.26 Å². The zero-order chi connectivity index (χ0) is 20.5. The first-order valence-corrected chi connectivity index (χ1v) is 10.9. The summed E-state index contributed by atoms with van der Waals surface area (Å²) in [6.45, 7) is 1.93. The second-order valence-electron chi connectivity index (χ2n) is 7.57. The average Bonchev–Trinajstić information content (AvgIpc) is 3.47. The summed E-state index contributed by atoms with van der Waals surface area (Å²) in [5, 5.41) is 13.5. The predicted molar refractivity (Wildman–Crippen MR) is 120 cm³/mol. The van der Waals surface area contributed by atoms with E-state index in [1.165, 1.54) is 0 Å². The molecule has 0 atom stereocenters. The number of aromatic nitrogens is 2. The van der Waals surface area contributed by atoms with Crippen molar-refractivity contribution in [2.24, 2.45) is 0 Å². The molecule has 1 aliphatic heterocycles. The Labute approximate surface area is 178 Å². The minimum Gasteiger partial charge on any atom is -0.348 e. The van der Waals surface area contributed by atoms with Gasteiger partial charge in [-0.3, -0.25) is 4.79 Å². The summed E-state index contributed by atoms with van der Waals surface area (Å²) in [4.78, 5) is 18.2. The maximum atomic E-state index is 11.4. The fourth-order valence-electron chi connectivity index (χ4n) is 4.34. The Hall–Kier alpha value is -3.43. The van der Waals surface area contributed by atoms with E-state index in [9.17, 15) is 10.1 Å². The molecule has 1 saturated heterocycles. The SMILES string of the molecule is N#Cc1cccc(-c2cn(C3CCN(c4nccs4)CC3)c3cc(C=O)ccc23)c1. The molecule has 0 aliphatic carbocycles. The molecule has 0 unspecified atom stereocenters. The molecule has 30 heavy (non-hydrogen) atoms. The second-order valence-corrected chi connectivity index (χ2v) is 8.44. The van der Waals surface area contributed by atoms with Crippen molar-refractivity contribution in [3.8, 4) is 17.2 Å². The molecule has 0 saturated carbocycles. The summed E-state index contributed by atoms with van der Waals surface area (Å²) in [6.07, 6.45) is 6.99. The van der Waals surface area contributed by atoms with Gasteiger partial charge < -0.3 is 9.47 Å². The molecule has 4 aromatic rings. The highest BCUT2D eigenvalue weighted by Gasteiger charge is 2.24. The highest BCUT2D eigenvalue weighted by molar-refractivity contribution is 7.13. The van der Waals surface area contributed by atoms with Crippen LogP contribution in [0.4, 0.5) is 5.13 Å². The third kappa shape index (κ3) is 3.27. The number of carbonyl (C=O) groups excluding carboxylic acids is 1. The summed E-state index contributed by atoms with van der Waals surface area (Å²) in [7, 11) is 0. The Balaban J connectivity index is 1.55. The molecule has 0 amide bonds. The molecule has 0 radical (unpaired) electrons. The minimum atomic E-state index is 0.360. The van der Waals surface area contributed by atoms with Crippen LogP contribution in [0.2, 0.25) is 0 Å². The van der Waals surface area contributed by atoms with Gasteiger partial charge >= 0.3 is 0 Å². The smallest absolute Gasteiger partial charge is 0.185 e. The van der Waals surface area contributed by atoms with E-state index in [1.54, 1.807) is 11.3 Å². The monoisotopic (exact) mass is 412 g/mol. The molecule has 3 heterocycles. The topological polar surface area (TPSA) is 61.9 Å². The van der Waals surface area contributed by atoms with Crippen LogP contribution in [-0.4, -0.2) is 28.9 Å². The maximum Gasteiger partial charge on any atom is 0.185 e. The lowest BCUT2D eigenvalue weighted by Gasteiger charge is -2.33. The van der Waals surface area contributed by atoms with Gasteiger partial charge in [0.1, 0.15) is 6.29 Å². The fraction of sp³-hybridized carbons (Fsp3) is 0.208. The van der Waals surface area contributed by atoms with Crippen LogP contribution in [-0.2, 0) is 0 Å². The van der Waals surface area contributed by atoms with E-state index in [0.717, 1.165) is 59.4 Å². The number of nitriles is 1. The van der Waals surface area contributed by atoms with E-state index in [-0.39, 0.29) is 0 Å². The summed E-state index contributed by atoms with van der Waals surface area (Å²) >= 11 is 1.68. The second kappa shape index (κ2) is 7.77. The van der Waals surface area contributed by atoms with Crippen molar-refractivity contribution in [2.45, 2.75) is 18.9 Å². The van der Waals surface area contributed by atoms with E-state index in [1.807, 2.05) is 54.0 Å². The number of hydrogen-bond donors (Lipinski definition) is 0. The maximum absolute atomic E-state index is 11.4. The van der Waals surface area contributed by atoms with Crippen LogP contribution < -0.4 is 4.90 Å². The molecule has 6 heteroatoms. The van der Waals surface area contributed by atoms with Crippen molar-refractivity contribution in [1.29, 1.82) is 5.26 Å². The first kappa shape index (κ1) is 18.6. The summed E-state index contributed by atoms with van der Waals surface area (Å²) in [5.74, 6) is 0. The third-order valence-electron chi connectivity index (χ3n) is 5.84. The van der Waals surface area contributed by atoms with E-state index >= 15 is 0 Å². The van der Waals surface area contributed by atoms with E-state index in [4.69, 9.17) is 0 Å². The van der Waals surface area contributed by atoms with Gasteiger partial charge in [-0.1, -0.05) is 24.3 Å². The zero-order valence-electron chi connectivity index (χ0n) is 16.4. The standard InChI is InChI=1S/C24H20N4OS/c25-14-17-2-1-3-19(12-17)22-15-28(23-13-18(16-29)4-5-21(22)23)20-6-9-27(10-7-20)24-26-8-11-30-24/h1-5,8,11-13,15-16,20H,6-7,9-10H2. The average molecular weight is 413 g/mol. The normalized spacial score (nSPS) is 14.7. The summed E-state index contributed by atoms with van der Waals surface area (Å²) < 4.78 is 2.33. The number of aldehydes is 1. The van der Waals surface area contributed by atoms with Crippen molar-refractivity contribution in [3.05, 3.63) is 71.4 Å². The first-order chi connectivity index (χ1) is 14.8. The van der Waals surface area contributed by atoms with Crippen molar-refractivity contribution in [1.82, 2.24) is 9.55 Å². The molecule has 2 aromatic heterocycles. The molecule has 5 nitrogen and oxygen atoms in total. The predicted octanol–water partition coefficient (Wildman–Crippen LogP) is 5.29. The van der Waals surface area contributed by atoms with Crippen LogP contribution in [0.1, 0.15) is 34.8 Å². The van der Waals surface area contributed by atoms with Crippen LogP contribution in [0.3, 0.4) is 0 Å². The van der Waals surface area contributed by atoms with Gasteiger partial charge in [0.15, 0.2) is 5.13 Å². The fourth-order valence-corrected chi connectivity index (χ4v) is 5.03. The minimum absolute atomic E-state index is 0.360. The van der Waals surface area contributed by atoms with Gasteiger partial charge in [-0.25, -0.2) is 4.98 Å². The van der Waals surface area contributed by atoms with Gasteiger partial charge in [0, 0.05) is 58.9 Å². The van der Waals surface area contributed by atoms with Gasteiger partial charge in [-0.05, 0) is 36.6 Å². The number of fused-ring (bicyclic) bond motifs is 1. The molecule has 1 aliphatic rings. The van der Waals surface area contributed by atoms with Crippen LogP contribution in [0.25, 0.3) is 22.0 Å². The van der Waals surface area contributed by atoms with E-state index < -0.39 is 0 Å². The Morgan fingerprint density at radius 2 is 2.03 bits per heavy atom.